The third kappa shape index (κ3) is 6.76. The highest BCUT2D eigenvalue weighted by Crippen LogP contribution is 2.39. The molecule has 0 aromatic heterocycles. The zero-order valence-electron chi connectivity index (χ0n) is 13.7. The number of phenolic OH excluding ortho intramolecular Hbond substituents is 1. The lowest BCUT2D eigenvalue weighted by molar-refractivity contribution is 0.278. The molecule has 0 fully saturated rings. The number of nitrogens with one attached hydrogen (secondary N) is 1. The van der Waals surface area contributed by atoms with Gasteiger partial charge in [-0.05, 0) is 52.3 Å². The average molecular weight is 305 g/mol. The molecule has 1 aromatic rings. The van der Waals surface area contributed by atoms with Crippen molar-refractivity contribution in [1.82, 2.24) is 4.72 Å². The maximum atomic E-state index is 9.84. The molecule has 116 valence electrons. The summed E-state index contributed by atoms with van der Waals surface area (Å²) in [6.07, 6.45) is 6.89. The van der Waals surface area contributed by atoms with Crippen molar-refractivity contribution in [2.24, 2.45) is 5.41 Å². The summed E-state index contributed by atoms with van der Waals surface area (Å²) in [5, 5.41) is 11.8. The summed E-state index contributed by atoms with van der Waals surface area (Å²) >= 11 is 1.58. The Hall–Kier alpha value is -1.35. The van der Waals surface area contributed by atoms with Gasteiger partial charge in [-0.15, -0.1) is 0 Å². The Morgan fingerprint density at radius 3 is 2.10 bits per heavy atom. The summed E-state index contributed by atoms with van der Waals surface area (Å²) in [5.74, 6) is 0.409. The van der Waals surface area contributed by atoms with Crippen molar-refractivity contribution < 1.29 is 5.11 Å². The van der Waals surface area contributed by atoms with Gasteiger partial charge in [-0.2, -0.15) is 0 Å². The molecule has 0 bridgehead atoms. The predicted molar refractivity (Wildman–Crippen MR) is 94.2 cm³/mol. The first-order valence-corrected chi connectivity index (χ1v) is 8.12. The molecule has 0 atom stereocenters. The van der Waals surface area contributed by atoms with Gasteiger partial charge in [-0.1, -0.05) is 58.9 Å². The monoisotopic (exact) mass is 305 g/mol. The van der Waals surface area contributed by atoms with Crippen molar-refractivity contribution in [1.29, 1.82) is 0 Å². The lowest BCUT2D eigenvalue weighted by Crippen LogP contribution is -2.24. The molecule has 1 aliphatic heterocycles. The second-order valence-corrected chi connectivity index (χ2v) is 7.81. The first-order valence-electron chi connectivity index (χ1n) is 7.24. The second kappa shape index (κ2) is 7.60. The van der Waals surface area contributed by atoms with E-state index in [2.05, 4.69) is 39.3 Å². The van der Waals surface area contributed by atoms with Crippen LogP contribution in [-0.4, -0.2) is 5.11 Å². The van der Waals surface area contributed by atoms with Crippen LogP contribution < -0.4 is 4.72 Å². The molecule has 0 aliphatic carbocycles. The number of rotatable bonds is 2. The molecule has 0 saturated carbocycles. The Morgan fingerprint density at radius 2 is 1.71 bits per heavy atom. The van der Waals surface area contributed by atoms with Crippen LogP contribution in [0, 0.1) is 5.41 Å². The Morgan fingerprint density at radius 1 is 1.05 bits per heavy atom. The first-order chi connectivity index (χ1) is 9.72. The van der Waals surface area contributed by atoms with E-state index in [4.69, 9.17) is 0 Å². The van der Waals surface area contributed by atoms with Gasteiger partial charge in [0.2, 0.25) is 0 Å². The normalized spacial score (nSPS) is 14.1. The van der Waals surface area contributed by atoms with Crippen LogP contribution in [0.25, 0.3) is 0 Å². The van der Waals surface area contributed by atoms with Crippen LogP contribution in [0.5, 0.6) is 5.75 Å². The fourth-order valence-corrected chi connectivity index (χ4v) is 3.13. The third-order valence-electron chi connectivity index (χ3n) is 3.10. The Labute approximate surface area is 133 Å². The molecule has 2 N–H and O–H groups in total. The van der Waals surface area contributed by atoms with Gasteiger partial charge in [0.15, 0.2) is 0 Å². The zero-order valence-corrected chi connectivity index (χ0v) is 14.5. The highest BCUT2D eigenvalue weighted by atomic mass is 32.2. The van der Waals surface area contributed by atoms with Crippen LogP contribution in [0.2, 0.25) is 0 Å². The fraction of sp³-hybridized carbons (Fsp3) is 0.444. The molecule has 2 rings (SSSR count). The van der Waals surface area contributed by atoms with Crippen molar-refractivity contribution >= 4 is 11.9 Å². The van der Waals surface area contributed by atoms with Gasteiger partial charge in [0.05, 0.1) is 0 Å². The van der Waals surface area contributed by atoms with Gasteiger partial charge in [0, 0.05) is 6.20 Å². The third-order valence-corrected chi connectivity index (χ3v) is 3.66. The molecular formula is C18H27NOS. The number of benzene rings is 1. The van der Waals surface area contributed by atoms with E-state index in [1.165, 1.54) is 0 Å². The van der Waals surface area contributed by atoms with E-state index < -0.39 is 0 Å². The summed E-state index contributed by atoms with van der Waals surface area (Å²) in [5.41, 5.74) is 1.33. The topological polar surface area (TPSA) is 32.3 Å². The Kier molecular flexibility index (Phi) is 6.41. The van der Waals surface area contributed by atoms with E-state index in [-0.39, 0.29) is 10.8 Å². The van der Waals surface area contributed by atoms with Crippen LogP contribution >= 0.6 is 11.9 Å². The SMILES string of the molecule is C1=CNSC=C1.CC(C)(C)CC(C)(C)c1ccccc1O. The standard InChI is InChI=1S/C14H22O.C4H5NS/c1-13(2,3)10-14(4,5)11-8-6-7-9-12(11)15;1-2-4-6-5-3-1/h6-9,15H,10H2,1-5H3;1-5H. The summed E-state index contributed by atoms with van der Waals surface area (Å²) in [6.45, 7) is 11.1. The average Bonchev–Trinajstić information content (AvgIpc) is 2.39. The van der Waals surface area contributed by atoms with Crippen LogP contribution in [-0.2, 0) is 5.41 Å². The van der Waals surface area contributed by atoms with E-state index in [1.54, 1.807) is 18.0 Å². The first kappa shape index (κ1) is 17.7. The maximum absolute atomic E-state index is 9.84. The molecule has 3 heteroatoms. The molecule has 2 nitrogen and oxygen atoms in total. The number of hydrogen-bond acceptors (Lipinski definition) is 3. The van der Waals surface area contributed by atoms with Crippen LogP contribution in [0.15, 0.2) is 48.0 Å². The molecule has 0 radical (unpaired) electrons. The molecule has 1 heterocycles. The molecule has 0 amide bonds. The number of aromatic hydroxyl groups is 1. The molecule has 0 spiro atoms. The molecule has 21 heavy (non-hydrogen) atoms. The van der Waals surface area contributed by atoms with Gasteiger partial charge in [-0.3, -0.25) is 0 Å². The van der Waals surface area contributed by atoms with E-state index in [0.29, 0.717) is 5.75 Å². The lowest BCUT2D eigenvalue weighted by atomic mass is 9.72. The number of allylic oxidation sites excluding steroid dienone is 2. The van der Waals surface area contributed by atoms with Gasteiger partial charge < -0.3 is 9.83 Å². The van der Waals surface area contributed by atoms with Crippen molar-refractivity contribution in [3.63, 3.8) is 0 Å². The summed E-state index contributed by atoms with van der Waals surface area (Å²) in [7, 11) is 0. The van der Waals surface area contributed by atoms with Crippen LogP contribution in [0.4, 0.5) is 0 Å². The predicted octanol–water partition coefficient (Wildman–Crippen LogP) is 5.37. The van der Waals surface area contributed by atoms with E-state index in [9.17, 15) is 5.11 Å². The quantitative estimate of drug-likeness (QED) is 0.720. The van der Waals surface area contributed by atoms with E-state index >= 15 is 0 Å². The second-order valence-electron chi connectivity index (χ2n) is 7.06. The van der Waals surface area contributed by atoms with Gasteiger partial charge in [0.25, 0.3) is 0 Å². The highest BCUT2D eigenvalue weighted by Gasteiger charge is 2.28. The summed E-state index contributed by atoms with van der Waals surface area (Å²) < 4.78 is 2.93. The van der Waals surface area contributed by atoms with Crippen molar-refractivity contribution in [2.75, 3.05) is 0 Å². The van der Waals surface area contributed by atoms with Gasteiger partial charge >= 0.3 is 0 Å². The van der Waals surface area contributed by atoms with Crippen molar-refractivity contribution in [2.45, 2.75) is 46.5 Å². The van der Waals surface area contributed by atoms with Crippen LogP contribution in [0.3, 0.4) is 0 Å². The van der Waals surface area contributed by atoms with E-state index in [0.717, 1.165) is 12.0 Å². The molecule has 0 unspecified atom stereocenters. The molecule has 1 aliphatic rings. The number of phenols is 1. The summed E-state index contributed by atoms with van der Waals surface area (Å²) in [4.78, 5) is 0. The van der Waals surface area contributed by atoms with Gasteiger partial charge in [-0.25, -0.2) is 0 Å². The molecule has 0 saturated heterocycles. The van der Waals surface area contributed by atoms with Crippen molar-refractivity contribution in [3.8, 4) is 5.75 Å². The van der Waals surface area contributed by atoms with Crippen LogP contribution in [0.1, 0.15) is 46.6 Å². The molecular weight excluding hydrogens is 278 g/mol. The number of para-hydroxylation sites is 1. The maximum Gasteiger partial charge on any atom is 0.119 e. The largest absolute Gasteiger partial charge is 0.508 e. The minimum atomic E-state index is 0.0175. The Bertz CT molecular complexity index is 486. The smallest absolute Gasteiger partial charge is 0.119 e. The number of hydrogen-bond donors (Lipinski definition) is 2. The Balaban J connectivity index is 0.000000304. The van der Waals surface area contributed by atoms with Gasteiger partial charge in [0.1, 0.15) is 5.75 Å². The van der Waals surface area contributed by atoms with Crippen molar-refractivity contribution in [3.05, 3.63) is 53.6 Å². The lowest BCUT2D eigenvalue weighted by Gasteiger charge is -2.33. The zero-order chi connectivity index (χ0) is 15.9. The minimum Gasteiger partial charge on any atom is -0.508 e. The molecule has 1 aromatic carbocycles. The minimum absolute atomic E-state index is 0.0175. The fourth-order valence-electron chi connectivity index (χ4n) is 2.73. The van der Waals surface area contributed by atoms with E-state index in [1.807, 2.05) is 42.0 Å². The highest BCUT2D eigenvalue weighted by molar-refractivity contribution is 8.00. The summed E-state index contributed by atoms with van der Waals surface area (Å²) in [6, 6.07) is 7.63.